The largest absolute Gasteiger partial charge is 0.383 e. The molecule has 0 aliphatic heterocycles. The number of benzene rings is 1. The summed E-state index contributed by atoms with van der Waals surface area (Å²) in [7, 11) is 1.60. The van der Waals surface area contributed by atoms with Crippen molar-refractivity contribution in [3.05, 3.63) is 63.9 Å². The molecule has 2 aromatic heterocycles. The van der Waals surface area contributed by atoms with Gasteiger partial charge in [0.1, 0.15) is 11.9 Å². The highest BCUT2D eigenvalue weighted by Gasteiger charge is 2.23. The van der Waals surface area contributed by atoms with Gasteiger partial charge >= 0.3 is 0 Å². The normalized spacial score (nSPS) is 11.8. The Balaban J connectivity index is 1.93. The number of nitrogens with zero attached hydrogens (tertiary/aromatic N) is 4. The van der Waals surface area contributed by atoms with E-state index in [1.807, 2.05) is 19.1 Å². The van der Waals surface area contributed by atoms with Gasteiger partial charge in [0.25, 0.3) is 5.91 Å². The molecule has 2 N–H and O–H groups in total. The summed E-state index contributed by atoms with van der Waals surface area (Å²) in [5.74, 6) is 0.259. The predicted octanol–water partition coefficient (Wildman–Crippen LogP) is 3.52. The molecule has 0 saturated heterocycles. The Labute approximate surface area is 177 Å². The van der Waals surface area contributed by atoms with Gasteiger partial charge in [0.2, 0.25) is 0 Å². The average molecular weight is 454 g/mol. The van der Waals surface area contributed by atoms with Crippen LogP contribution in [0.5, 0.6) is 0 Å². The van der Waals surface area contributed by atoms with E-state index in [1.165, 1.54) is 6.20 Å². The van der Waals surface area contributed by atoms with Crippen molar-refractivity contribution in [2.75, 3.05) is 19.5 Å². The standard InChI is InChI=1S/C21H20BrN5O2/c1-13(12-29-2)27(11-17-5-3-14(9-23)10-25-17)21(28)15-4-6-19-16(7-15)8-18(22)20(24)26-19/h3-8,10,13H,11-12H2,1-2H3,(H2,24,26)/t13-/m1/s1. The van der Waals surface area contributed by atoms with Gasteiger partial charge in [-0.15, -0.1) is 0 Å². The number of carbonyl (C=O) groups is 1. The summed E-state index contributed by atoms with van der Waals surface area (Å²) in [6.45, 7) is 2.61. The van der Waals surface area contributed by atoms with Crippen molar-refractivity contribution in [1.29, 1.82) is 5.26 Å². The van der Waals surface area contributed by atoms with Crippen LogP contribution in [0.3, 0.4) is 0 Å². The Hall–Kier alpha value is -3.02. The van der Waals surface area contributed by atoms with Gasteiger partial charge in [-0.25, -0.2) is 4.98 Å². The summed E-state index contributed by atoms with van der Waals surface area (Å²) < 4.78 is 5.94. The van der Waals surface area contributed by atoms with Gasteiger partial charge in [0.15, 0.2) is 0 Å². The van der Waals surface area contributed by atoms with E-state index in [1.54, 1.807) is 42.3 Å². The number of nitrogens with two attached hydrogens (primary N) is 1. The molecular formula is C21H20BrN5O2. The molecule has 7 nitrogen and oxygen atoms in total. The molecule has 0 unspecified atom stereocenters. The van der Waals surface area contributed by atoms with Crippen molar-refractivity contribution in [1.82, 2.24) is 14.9 Å². The topological polar surface area (TPSA) is 105 Å². The fourth-order valence-corrected chi connectivity index (χ4v) is 3.32. The second-order valence-electron chi connectivity index (χ2n) is 6.65. The number of amides is 1. The van der Waals surface area contributed by atoms with Crippen LogP contribution in [0, 0.1) is 11.3 Å². The van der Waals surface area contributed by atoms with Crippen LogP contribution in [0.4, 0.5) is 5.82 Å². The van der Waals surface area contributed by atoms with E-state index in [4.69, 9.17) is 15.7 Å². The van der Waals surface area contributed by atoms with Gasteiger partial charge in [-0.2, -0.15) is 5.26 Å². The molecule has 0 aliphatic carbocycles. The van der Waals surface area contributed by atoms with Gasteiger partial charge in [-0.05, 0) is 59.3 Å². The molecule has 0 saturated carbocycles. The molecule has 1 aromatic carbocycles. The van der Waals surface area contributed by atoms with E-state index >= 15 is 0 Å². The minimum absolute atomic E-state index is 0.143. The third-order valence-electron chi connectivity index (χ3n) is 4.53. The summed E-state index contributed by atoms with van der Waals surface area (Å²) in [4.78, 5) is 23.6. The molecule has 3 aromatic rings. The van der Waals surface area contributed by atoms with Gasteiger partial charge in [-0.1, -0.05) is 0 Å². The molecule has 148 valence electrons. The van der Waals surface area contributed by atoms with Crippen molar-refractivity contribution in [2.24, 2.45) is 0 Å². The number of rotatable bonds is 6. The molecule has 2 heterocycles. The summed E-state index contributed by atoms with van der Waals surface area (Å²) in [6.07, 6.45) is 1.50. The minimum atomic E-state index is -0.170. The molecular weight excluding hydrogens is 434 g/mol. The number of halogens is 1. The Kier molecular flexibility index (Phi) is 6.42. The lowest BCUT2D eigenvalue weighted by Gasteiger charge is -2.29. The van der Waals surface area contributed by atoms with E-state index < -0.39 is 0 Å². The summed E-state index contributed by atoms with van der Waals surface area (Å²) in [5, 5.41) is 9.75. The van der Waals surface area contributed by atoms with E-state index in [2.05, 4.69) is 25.9 Å². The molecule has 29 heavy (non-hydrogen) atoms. The van der Waals surface area contributed by atoms with Crippen LogP contribution >= 0.6 is 15.9 Å². The van der Waals surface area contributed by atoms with Crippen molar-refractivity contribution >= 4 is 38.6 Å². The molecule has 1 amide bonds. The maximum Gasteiger partial charge on any atom is 0.254 e. The van der Waals surface area contributed by atoms with Crippen molar-refractivity contribution in [3.8, 4) is 6.07 Å². The zero-order valence-electron chi connectivity index (χ0n) is 16.1. The van der Waals surface area contributed by atoms with Crippen LogP contribution in [0.25, 0.3) is 10.9 Å². The van der Waals surface area contributed by atoms with Crippen molar-refractivity contribution < 1.29 is 9.53 Å². The van der Waals surface area contributed by atoms with Gasteiger partial charge in [-0.3, -0.25) is 9.78 Å². The van der Waals surface area contributed by atoms with Gasteiger partial charge < -0.3 is 15.4 Å². The Bertz CT molecular complexity index is 1080. The lowest BCUT2D eigenvalue weighted by Crippen LogP contribution is -2.40. The van der Waals surface area contributed by atoms with E-state index in [-0.39, 0.29) is 11.9 Å². The molecule has 0 aliphatic rings. The Morgan fingerprint density at radius 1 is 1.34 bits per heavy atom. The van der Waals surface area contributed by atoms with E-state index in [9.17, 15) is 4.79 Å². The SMILES string of the molecule is COC[C@@H](C)N(Cc1ccc(C#N)cn1)C(=O)c1ccc2nc(N)c(Br)cc2c1. The van der Waals surface area contributed by atoms with Crippen LogP contribution in [0.2, 0.25) is 0 Å². The first-order valence-electron chi connectivity index (χ1n) is 8.93. The van der Waals surface area contributed by atoms with Crippen LogP contribution in [-0.2, 0) is 11.3 Å². The zero-order chi connectivity index (χ0) is 21.0. The Morgan fingerprint density at radius 3 is 2.79 bits per heavy atom. The maximum absolute atomic E-state index is 13.3. The quantitative estimate of drug-likeness (QED) is 0.611. The summed E-state index contributed by atoms with van der Waals surface area (Å²) >= 11 is 3.38. The van der Waals surface area contributed by atoms with Crippen LogP contribution in [0.15, 0.2) is 47.1 Å². The molecule has 3 rings (SSSR count). The number of hydrogen-bond acceptors (Lipinski definition) is 6. The minimum Gasteiger partial charge on any atom is -0.383 e. The predicted molar refractivity (Wildman–Crippen MR) is 114 cm³/mol. The number of pyridine rings is 2. The molecule has 1 atom stereocenters. The van der Waals surface area contributed by atoms with Crippen LogP contribution in [0.1, 0.15) is 28.5 Å². The summed E-state index contributed by atoms with van der Waals surface area (Å²) in [5.41, 5.74) is 8.26. The number of carbonyl (C=O) groups excluding carboxylic acids is 1. The lowest BCUT2D eigenvalue weighted by molar-refractivity contribution is 0.0539. The van der Waals surface area contributed by atoms with Crippen LogP contribution in [-0.4, -0.2) is 40.5 Å². The molecule has 0 spiro atoms. The first kappa shape index (κ1) is 20.7. The number of nitrogen functional groups attached to an aromatic ring is 1. The number of methoxy groups -OCH3 is 1. The first-order chi connectivity index (χ1) is 13.9. The highest BCUT2D eigenvalue weighted by Crippen LogP contribution is 2.25. The monoisotopic (exact) mass is 453 g/mol. The summed E-state index contributed by atoms with van der Waals surface area (Å²) in [6, 6.07) is 12.5. The second kappa shape index (κ2) is 8.99. The van der Waals surface area contributed by atoms with Gasteiger partial charge in [0.05, 0.1) is 40.4 Å². The fraction of sp³-hybridized carbons (Fsp3) is 0.238. The Morgan fingerprint density at radius 2 is 2.14 bits per heavy atom. The second-order valence-corrected chi connectivity index (χ2v) is 7.50. The van der Waals surface area contributed by atoms with Crippen molar-refractivity contribution in [3.63, 3.8) is 0 Å². The highest BCUT2D eigenvalue weighted by atomic mass is 79.9. The number of hydrogen-bond donors (Lipinski definition) is 1. The number of aromatic nitrogens is 2. The molecule has 0 radical (unpaired) electrons. The number of ether oxygens (including phenoxy) is 1. The van der Waals surface area contributed by atoms with Crippen molar-refractivity contribution in [2.45, 2.75) is 19.5 Å². The van der Waals surface area contributed by atoms with E-state index in [0.717, 1.165) is 5.39 Å². The third-order valence-corrected chi connectivity index (χ3v) is 5.16. The highest BCUT2D eigenvalue weighted by molar-refractivity contribution is 9.10. The maximum atomic E-state index is 13.3. The molecule has 8 heteroatoms. The molecule has 0 bridgehead atoms. The van der Waals surface area contributed by atoms with E-state index in [0.29, 0.717) is 45.8 Å². The lowest BCUT2D eigenvalue weighted by atomic mass is 10.1. The zero-order valence-corrected chi connectivity index (χ0v) is 17.7. The number of anilines is 1. The third kappa shape index (κ3) is 4.70. The smallest absolute Gasteiger partial charge is 0.254 e. The van der Waals surface area contributed by atoms with Gasteiger partial charge in [0, 0.05) is 24.3 Å². The first-order valence-corrected chi connectivity index (χ1v) is 9.73. The van der Waals surface area contributed by atoms with Crippen LogP contribution < -0.4 is 5.73 Å². The number of fused-ring (bicyclic) bond motifs is 1. The average Bonchev–Trinajstić information content (AvgIpc) is 2.72. The fourth-order valence-electron chi connectivity index (χ4n) is 2.98. The molecule has 0 fully saturated rings. The number of nitriles is 1.